The lowest BCUT2D eigenvalue weighted by Gasteiger charge is -2.16. The van der Waals surface area contributed by atoms with Crippen LogP contribution in [0.1, 0.15) is 13.3 Å². The van der Waals surface area contributed by atoms with Crippen LogP contribution in [0.25, 0.3) is 0 Å². The molecule has 0 aliphatic heterocycles. The molecule has 1 rings (SSSR count). The minimum atomic E-state index is -0.373. The maximum Gasteiger partial charge on any atom is 0.188 e. The highest BCUT2D eigenvalue weighted by atomic mass is 19.1. The molecule has 5 heteroatoms. The summed E-state index contributed by atoms with van der Waals surface area (Å²) in [5, 5.41) is 2.87. The van der Waals surface area contributed by atoms with E-state index in [0.717, 1.165) is 0 Å². The van der Waals surface area contributed by atoms with Crippen LogP contribution in [0.4, 0.5) is 4.39 Å². The van der Waals surface area contributed by atoms with Gasteiger partial charge < -0.3 is 15.8 Å². The summed E-state index contributed by atoms with van der Waals surface area (Å²) in [6.07, 6.45) is 2.20. The molecule has 0 aliphatic rings. The fourth-order valence-corrected chi connectivity index (χ4v) is 1.40. The lowest BCUT2D eigenvalue weighted by molar-refractivity contribution is 0.197. The van der Waals surface area contributed by atoms with Crippen LogP contribution >= 0.6 is 0 Å². The first-order chi connectivity index (χ1) is 9.17. The molecule has 0 fully saturated rings. The fourth-order valence-electron chi connectivity index (χ4n) is 1.40. The molecule has 104 valence electrons. The van der Waals surface area contributed by atoms with E-state index in [0.29, 0.717) is 25.5 Å². The minimum absolute atomic E-state index is 0.207. The first-order valence-electron chi connectivity index (χ1n) is 6.23. The quantitative estimate of drug-likeness (QED) is 0.451. The van der Waals surface area contributed by atoms with Crippen molar-refractivity contribution in [3.8, 4) is 5.75 Å². The molecule has 0 radical (unpaired) electrons. The molecular formula is C14H20FN3O. The SMILES string of the molecule is C=CCNC(N)=NCC(CC)Oc1ccccc1F. The molecule has 0 aromatic heterocycles. The van der Waals surface area contributed by atoms with Gasteiger partial charge in [-0.3, -0.25) is 0 Å². The second-order valence-electron chi connectivity index (χ2n) is 3.97. The Morgan fingerprint density at radius 2 is 2.32 bits per heavy atom. The van der Waals surface area contributed by atoms with Gasteiger partial charge in [0.25, 0.3) is 0 Å². The second kappa shape index (κ2) is 8.13. The number of halogens is 1. The van der Waals surface area contributed by atoms with E-state index < -0.39 is 0 Å². The van der Waals surface area contributed by atoms with Gasteiger partial charge in [-0.2, -0.15) is 0 Å². The third-order valence-electron chi connectivity index (χ3n) is 2.48. The number of benzene rings is 1. The highest BCUT2D eigenvalue weighted by Crippen LogP contribution is 2.18. The Kier molecular flexibility index (Phi) is 6.43. The van der Waals surface area contributed by atoms with Crippen LogP contribution in [0.3, 0.4) is 0 Å². The normalized spacial score (nSPS) is 12.8. The number of nitrogens with one attached hydrogen (secondary N) is 1. The van der Waals surface area contributed by atoms with Crippen molar-refractivity contribution >= 4 is 5.96 Å². The number of ether oxygens (including phenoxy) is 1. The molecule has 0 spiro atoms. The van der Waals surface area contributed by atoms with Crippen LogP contribution < -0.4 is 15.8 Å². The molecule has 1 aromatic carbocycles. The Bertz CT molecular complexity index is 434. The Labute approximate surface area is 113 Å². The van der Waals surface area contributed by atoms with Crippen LogP contribution in [-0.4, -0.2) is 25.2 Å². The number of hydrogen-bond acceptors (Lipinski definition) is 2. The van der Waals surface area contributed by atoms with E-state index in [1.165, 1.54) is 6.07 Å². The summed E-state index contributed by atoms with van der Waals surface area (Å²) in [5.41, 5.74) is 5.65. The van der Waals surface area contributed by atoms with Gasteiger partial charge in [0.05, 0.1) is 6.54 Å². The number of nitrogens with zero attached hydrogens (tertiary/aromatic N) is 1. The molecule has 0 bridgehead atoms. The zero-order valence-corrected chi connectivity index (χ0v) is 11.1. The smallest absolute Gasteiger partial charge is 0.188 e. The van der Waals surface area contributed by atoms with E-state index in [2.05, 4.69) is 16.9 Å². The number of guanidine groups is 1. The van der Waals surface area contributed by atoms with Gasteiger partial charge in [0, 0.05) is 6.54 Å². The summed E-state index contributed by atoms with van der Waals surface area (Å²) in [6, 6.07) is 6.32. The summed E-state index contributed by atoms with van der Waals surface area (Å²) in [7, 11) is 0. The van der Waals surface area contributed by atoms with E-state index in [1.807, 2.05) is 6.92 Å². The van der Waals surface area contributed by atoms with E-state index in [4.69, 9.17) is 10.5 Å². The van der Waals surface area contributed by atoms with Crippen molar-refractivity contribution in [2.24, 2.45) is 10.7 Å². The lowest BCUT2D eigenvalue weighted by Crippen LogP contribution is -2.33. The van der Waals surface area contributed by atoms with Crippen molar-refractivity contribution in [1.82, 2.24) is 5.32 Å². The third-order valence-corrected chi connectivity index (χ3v) is 2.48. The molecule has 1 aromatic rings. The van der Waals surface area contributed by atoms with Crippen molar-refractivity contribution in [2.75, 3.05) is 13.1 Å². The summed E-state index contributed by atoms with van der Waals surface area (Å²) >= 11 is 0. The third kappa shape index (κ3) is 5.42. The van der Waals surface area contributed by atoms with Crippen LogP contribution in [-0.2, 0) is 0 Å². The zero-order valence-electron chi connectivity index (χ0n) is 11.1. The highest BCUT2D eigenvalue weighted by molar-refractivity contribution is 5.77. The number of rotatable bonds is 7. The van der Waals surface area contributed by atoms with Crippen molar-refractivity contribution in [3.05, 3.63) is 42.7 Å². The van der Waals surface area contributed by atoms with Crippen molar-refractivity contribution in [2.45, 2.75) is 19.4 Å². The van der Waals surface area contributed by atoms with E-state index in [9.17, 15) is 4.39 Å². The Balaban J connectivity index is 2.55. The first-order valence-corrected chi connectivity index (χ1v) is 6.23. The number of hydrogen-bond donors (Lipinski definition) is 2. The van der Waals surface area contributed by atoms with Gasteiger partial charge in [0.2, 0.25) is 0 Å². The topological polar surface area (TPSA) is 59.6 Å². The van der Waals surface area contributed by atoms with Gasteiger partial charge in [-0.25, -0.2) is 9.38 Å². The van der Waals surface area contributed by atoms with Crippen molar-refractivity contribution in [1.29, 1.82) is 0 Å². The zero-order chi connectivity index (χ0) is 14.1. The van der Waals surface area contributed by atoms with Gasteiger partial charge in [0.15, 0.2) is 17.5 Å². The molecule has 4 nitrogen and oxygen atoms in total. The van der Waals surface area contributed by atoms with E-state index in [-0.39, 0.29) is 17.7 Å². The van der Waals surface area contributed by atoms with Gasteiger partial charge in [0.1, 0.15) is 6.10 Å². The predicted octanol–water partition coefficient (Wildman–Crippen LogP) is 2.07. The molecule has 0 aliphatic carbocycles. The summed E-state index contributed by atoms with van der Waals surface area (Å²) in [5.74, 6) is 0.195. The van der Waals surface area contributed by atoms with E-state index in [1.54, 1.807) is 24.3 Å². The fraction of sp³-hybridized carbons (Fsp3) is 0.357. The number of nitrogens with two attached hydrogens (primary N) is 1. The average Bonchev–Trinajstić information content (AvgIpc) is 2.43. The molecule has 0 amide bonds. The number of para-hydroxylation sites is 1. The largest absolute Gasteiger partial charge is 0.485 e. The molecule has 19 heavy (non-hydrogen) atoms. The Hall–Kier alpha value is -2.04. The monoisotopic (exact) mass is 265 g/mol. The summed E-state index contributed by atoms with van der Waals surface area (Å²) in [6.45, 7) is 6.45. The molecule has 1 unspecified atom stereocenters. The maximum absolute atomic E-state index is 13.4. The molecule has 0 heterocycles. The molecule has 0 saturated heterocycles. The molecular weight excluding hydrogens is 245 g/mol. The van der Waals surface area contributed by atoms with Crippen LogP contribution in [0.5, 0.6) is 5.75 Å². The van der Waals surface area contributed by atoms with Gasteiger partial charge in [-0.05, 0) is 18.6 Å². The molecule has 3 N–H and O–H groups in total. The Morgan fingerprint density at radius 3 is 2.95 bits per heavy atom. The van der Waals surface area contributed by atoms with Crippen molar-refractivity contribution < 1.29 is 9.13 Å². The van der Waals surface area contributed by atoms with Gasteiger partial charge in [-0.1, -0.05) is 25.1 Å². The highest BCUT2D eigenvalue weighted by Gasteiger charge is 2.10. The Morgan fingerprint density at radius 1 is 1.58 bits per heavy atom. The first kappa shape index (κ1) is 15.0. The van der Waals surface area contributed by atoms with Gasteiger partial charge in [-0.15, -0.1) is 6.58 Å². The van der Waals surface area contributed by atoms with Crippen molar-refractivity contribution in [3.63, 3.8) is 0 Å². The maximum atomic E-state index is 13.4. The second-order valence-corrected chi connectivity index (χ2v) is 3.97. The van der Waals surface area contributed by atoms with Crippen LogP contribution in [0.15, 0.2) is 41.9 Å². The van der Waals surface area contributed by atoms with E-state index >= 15 is 0 Å². The molecule has 0 saturated carbocycles. The summed E-state index contributed by atoms with van der Waals surface area (Å²) in [4.78, 5) is 4.15. The van der Waals surface area contributed by atoms with Crippen LogP contribution in [0.2, 0.25) is 0 Å². The standard InChI is InChI=1S/C14H20FN3O/c1-3-9-17-14(16)18-10-11(4-2)19-13-8-6-5-7-12(13)15/h3,5-8,11H,1,4,9-10H2,2H3,(H3,16,17,18). The lowest BCUT2D eigenvalue weighted by atomic mass is 10.2. The van der Waals surface area contributed by atoms with Gasteiger partial charge >= 0.3 is 0 Å². The van der Waals surface area contributed by atoms with Crippen LogP contribution in [0, 0.1) is 5.82 Å². The average molecular weight is 265 g/mol. The molecule has 1 atom stereocenters. The predicted molar refractivity (Wildman–Crippen MR) is 75.8 cm³/mol. The minimum Gasteiger partial charge on any atom is -0.485 e. The number of aliphatic imine (C=N–C) groups is 1. The summed E-state index contributed by atoms with van der Waals surface area (Å²) < 4.78 is 19.0.